The Kier molecular flexibility index (Phi) is 3.25. The van der Waals surface area contributed by atoms with E-state index in [0.29, 0.717) is 28.5 Å². The van der Waals surface area contributed by atoms with E-state index >= 15 is 0 Å². The molecule has 1 aromatic heterocycles. The average molecular weight is 241 g/mol. The van der Waals surface area contributed by atoms with Crippen LogP contribution in [0.2, 0.25) is 0 Å². The van der Waals surface area contributed by atoms with Gasteiger partial charge in [0.05, 0.1) is 36.3 Å². The minimum Gasteiger partial charge on any atom is -0.495 e. The lowest BCUT2D eigenvalue weighted by molar-refractivity contribution is 0.416. The van der Waals surface area contributed by atoms with Gasteiger partial charge < -0.3 is 15.8 Å². The standard InChI is InChI=1S/C12H11N5O/c1-18-11-4-8(5-13)2-3-10(11)17-12-9(14)6-15-7-16-12/h2-4,6-7H,14H2,1H3,(H,15,16,17). The quantitative estimate of drug-likeness (QED) is 0.848. The third-order valence-electron chi connectivity index (χ3n) is 2.32. The van der Waals surface area contributed by atoms with Crippen molar-refractivity contribution in [2.45, 2.75) is 0 Å². The molecule has 0 amide bonds. The number of benzene rings is 1. The molecule has 2 aromatic rings. The number of anilines is 3. The van der Waals surface area contributed by atoms with Crippen LogP contribution in [0, 0.1) is 11.3 Å². The van der Waals surface area contributed by atoms with Crippen LogP contribution < -0.4 is 15.8 Å². The predicted octanol–water partition coefficient (Wildman–Crippen LogP) is 1.68. The summed E-state index contributed by atoms with van der Waals surface area (Å²) in [6.45, 7) is 0. The van der Waals surface area contributed by atoms with Gasteiger partial charge >= 0.3 is 0 Å². The van der Waals surface area contributed by atoms with E-state index in [0.717, 1.165) is 0 Å². The summed E-state index contributed by atoms with van der Waals surface area (Å²) in [4.78, 5) is 7.83. The van der Waals surface area contributed by atoms with Crippen molar-refractivity contribution in [3.05, 3.63) is 36.3 Å². The van der Waals surface area contributed by atoms with Crippen molar-refractivity contribution >= 4 is 17.2 Å². The number of ether oxygens (including phenoxy) is 1. The van der Waals surface area contributed by atoms with Crippen LogP contribution in [0.4, 0.5) is 17.2 Å². The second-order valence-corrected chi connectivity index (χ2v) is 3.48. The molecule has 0 aliphatic heterocycles. The van der Waals surface area contributed by atoms with E-state index in [1.165, 1.54) is 19.6 Å². The largest absolute Gasteiger partial charge is 0.495 e. The number of nitrogens with two attached hydrogens (primary N) is 1. The van der Waals surface area contributed by atoms with Crippen LogP contribution in [0.5, 0.6) is 5.75 Å². The Morgan fingerprint density at radius 2 is 2.28 bits per heavy atom. The summed E-state index contributed by atoms with van der Waals surface area (Å²) < 4.78 is 5.20. The molecule has 0 saturated heterocycles. The van der Waals surface area contributed by atoms with Gasteiger partial charge in [-0.15, -0.1) is 0 Å². The van der Waals surface area contributed by atoms with Crippen LogP contribution in [0.1, 0.15) is 5.56 Å². The predicted molar refractivity (Wildman–Crippen MR) is 67.4 cm³/mol. The van der Waals surface area contributed by atoms with Gasteiger partial charge in [-0.25, -0.2) is 9.97 Å². The van der Waals surface area contributed by atoms with Gasteiger partial charge in [-0.3, -0.25) is 0 Å². The van der Waals surface area contributed by atoms with Gasteiger partial charge in [0.25, 0.3) is 0 Å². The number of hydrogen-bond donors (Lipinski definition) is 2. The minimum atomic E-state index is 0.434. The van der Waals surface area contributed by atoms with Crippen LogP contribution in [-0.2, 0) is 0 Å². The van der Waals surface area contributed by atoms with Crippen LogP contribution >= 0.6 is 0 Å². The molecule has 0 unspecified atom stereocenters. The molecule has 0 atom stereocenters. The van der Waals surface area contributed by atoms with Crippen molar-refractivity contribution < 1.29 is 4.74 Å². The molecular weight excluding hydrogens is 230 g/mol. The first kappa shape index (κ1) is 11.7. The van der Waals surface area contributed by atoms with Gasteiger partial charge in [-0.1, -0.05) is 0 Å². The summed E-state index contributed by atoms with van der Waals surface area (Å²) in [5, 5.41) is 11.8. The molecule has 0 radical (unpaired) electrons. The summed E-state index contributed by atoms with van der Waals surface area (Å²) >= 11 is 0. The Morgan fingerprint density at radius 1 is 1.44 bits per heavy atom. The molecule has 1 aromatic carbocycles. The van der Waals surface area contributed by atoms with E-state index in [1.54, 1.807) is 18.2 Å². The number of nitriles is 1. The van der Waals surface area contributed by atoms with E-state index in [2.05, 4.69) is 15.3 Å². The topological polar surface area (TPSA) is 96.8 Å². The molecule has 0 aliphatic rings. The fourth-order valence-corrected chi connectivity index (χ4v) is 1.44. The number of nitrogen functional groups attached to an aromatic ring is 1. The molecule has 1 heterocycles. The molecule has 0 aliphatic carbocycles. The van der Waals surface area contributed by atoms with Gasteiger partial charge in [0.15, 0.2) is 5.82 Å². The fourth-order valence-electron chi connectivity index (χ4n) is 1.44. The highest BCUT2D eigenvalue weighted by molar-refractivity contribution is 5.72. The van der Waals surface area contributed by atoms with Crippen molar-refractivity contribution in [3.63, 3.8) is 0 Å². The summed E-state index contributed by atoms with van der Waals surface area (Å²) in [5.41, 5.74) is 7.37. The second kappa shape index (κ2) is 5.01. The number of nitrogens with one attached hydrogen (secondary N) is 1. The smallest absolute Gasteiger partial charge is 0.157 e. The summed E-state index contributed by atoms with van der Waals surface area (Å²) in [7, 11) is 1.53. The molecule has 3 N–H and O–H groups in total. The molecule has 0 saturated carbocycles. The molecule has 6 heteroatoms. The Labute approximate surface area is 104 Å². The summed E-state index contributed by atoms with van der Waals surface area (Å²) in [6, 6.07) is 7.10. The molecule has 0 spiro atoms. The molecule has 18 heavy (non-hydrogen) atoms. The van der Waals surface area contributed by atoms with E-state index in [-0.39, 0.29) is 0 Å². The lowest BCUT2D eigenvalue weighted by Crippen LogP contribution is -2.01. The molecule has 90 valence electrons. The normalized spacial score (nSPS) is 9.56. The van der Waals surface area contributed by atoms with Gasteiger partial charge in [-0.2, -0.15) is 5.26 Å². The second-order valence-electron chi connectivity index (χ2n) is 3.48. The van der Waals surface area contributed by atoms with Crippen LogP contribution in [0.25, 0.3) is 0 Å². The summed E-state index contributed by atoms with van der Waals surface area (Å²) in [6.07, 6.45) is 2.90. The van der Waals surface area contributed by atoms with Crippen molar-refractivity contribution in [2.24, 2.45) is 0 Å². The van der Waals surface area contributed by atoms with Gasteiger partial charge in [-0.05, 0) is 12.1 Å². The molecule has 0 fully saturated rings. The van der Waals surface area contributed by atoms with Gasteiger partial charge in [0, 0.05) is 6.07 Å². The molecule has 2 rings (SSSR count). The van der Waals surface area contributed by atoms with Gasteiger partial charge in [0.1, 0.15) is 12.1 Å². The number of hydrogen-bond acceptors (Lipinski definition) is 6. The van der Waals surface area contributed by atoms with E-state index in [9.17, 15) is 0 Å². The average Bonchev–Trinajstić information content (AvgIpc) is 2.41. The Balaban J connectivity index is 2.35. The number of nitrogens with zero attached hydrogens (tertiary/aromatic N) is 3. The summed E-state index contributed by atoms with van der Waals surface area (Å²) in [5.74, 6) is 1.04. The highest BCUT2D eigenvalue weighted by Gasteiger charge is 2.07. The number of rotatable bonds is 3. The van der Waals surface area contributed by atoms with Crippen LogP contribution in [0.3, 0.4) is 0 Å². The zero-order valence-corrected chi connectivity index (χ0v) is 9.71. The third-order valence-corrected chi connectivity index (χ3v) is 2.32. The molecular formula is C12H11N5O. The van der Waals surface area contributed by atoms with E-state index in [1.807, 2.05) is 6.07 Å². The first-order valence-electron chi connectivity index (χ1n) is 5.15. The maximum Gasteiger partial charge on any atom is 0.157 e. The van der Waals surface area contributed by atoms with Crippen molar-refractivity contribution in [3.8, 4) is 11.8 Å². The monoisotopic (exact) mass is 241 g/mol. The zero-order chi connectivity index (χ0) is 13.0. The lowest BCUT2D eigenvalue weighted by atomic mass is 10.2. The Morgan fingerprint density at radius 3 is 2.94 bits per heavy atom. The van der Waals surface area contributed by atoms with E-state index in [4.69, 9.17) is 15.7 Å². The highest BCUT2D eigenvalue weighted by Crippen LogP contribution is 2.29. The number of aromatic nitrogens is 2. The lowest BCUT2D eigenvalue weighted by Gasteiger charge is -2.11. The molecule has 6 nitrogen and oxygen atoms in total. The first-order valence-corrected chi connectivity index (χ1v) is 5.15. The van der Waals surface area contributed by atoms with Crippen LogP contribution in [0.15, 0.2) is 30.7 Å². The first-order chi connectivity index (χ1) is 8.74. The number of methoxy groups -OCH3 is 1. The van der Waals surface area contributed by atoms with Crippen molar-refractivity contribution in [1.82, 2.24) is 9.97 Å². The van der Waals surface area contributed by atoms with E-state index < -0.39 is 0 Å². The van der Waals surface area contributed by atoms with Crippen molar-refractivity contribution in [2.75, 3.05) is 18.2 Å². The highest BCUT2D eigenvalue weighted by atomic mass is 16.5. The Bertz CT molecular complexity index is 606. The minimum absolute atomic E-state index is 0.434. The fraction of sp³-hybridized carbons (Fsp3) is 0.0833. The SMILES string of the molecule is COc1cc(C#N)ccc1Nc1ncncc1N. The Hall–Kier alpha value is -2.81. The molecule has 0 bridgehead atoms. The maximum absolute atomic E-state index is 8.82. The van der Waals surface area contributed by atoms with Gasteiger partial charge in [0.2, 0.25) is 0 Å². The maximum atomic E-state index is 8.82. The third kappa shape index (κ3) is 2.30. The van der Waals surface area contributed by atoms with Crippen LogP contribution in [-0.4, -0.2) is 17.1 Å². The zero-order valence-electron chi connectivity index (χ0n) is 9.71. The van der Waals surface area contributed by atoms with Crippen molar-refractivity contribution in [1.29, 1.82) is 5.26 Å².